The quantitative estimate of drug-likeness (QED) is 0.460. The summed E-state index contributed by atoms with van der Waals surface area (Å²) in [4.78, 5) is 0. The molecule has 1 atom stereocenters. The number of halogens is 1. The first-order valence-electron chi connectivity index (χ1n) is 2.34. The second-order valence-corrected chi connectivity index (χ2v) is 2.69. The Kier molecular flexibility index (Phi) is 5.80. The number of alkyl halides is 1. The number of hydrogen-bond donors (Lipinski definition) is 0. The van der Waals surface area contributed by atoms with Crippen LogP contribution in [0.25, 0.3) is 0 Å². The van der Waals surface area contributed by atoms with Gasteiger partial charge in [-0.3, -0.25) is 0 Å². The van der Waals surface area contributed by atoms with Crippen LogP contribution in [0.3, 0.4) is 0 Å². The Labute approximate surface area is 62.2 Å². The monoisotopic (exact) mass is 166 g/mol. The summed E-state index contributed by atoms with van der Waals surface area (Å²) < 4.78 is 15.0. The third-order valence-corrected chi connectivity index (χ3v) is 1.70. The van der Waals surface area contributed by atoms with Gasteiger partial charge in [0.1, 0.15) is 6.11 Å². The van der Waals surface area contributed by atoms with Crippen LogP contribution in [0.4, 0.5) is 0 Å². The van der Waals surface area contributed by atoms with E-state index in [0.29, 0.717) is 11.6 Å². The van der Waals surface area contributed by atoms with E-state index in [1.807, 2.05) is 0 Å². The van der Waals surface area contributed by atoms with Gasteiger partial charge in [-0.05, 0) is 0 Å². The van der Waals surface area contributed by atoms with Crippen LogP contribution in [0.15, 0.2) is 0 Å². The van der Waals surface area contributed by atoms with Gasteiger partial charge in [-0.25, -0.2) is 4.21 Å². The van der Waals surface area contributed by atoms with Gasteiger partial charge in [-0.15, -0.1) is 11.6 Å². The zero-order valence-electron chi connectivity index (χ0n) is 5.02. The molecule has 0 aromatic rings. The van der Waals surface area contributed by atoms with Crippen molar-refractivity contribution in [2.75, 3.05) is 11.6 Å². The molecule has 0 aromatic heterocycles. The summed E-state index contributed by atoms with van der Waals surface area (Å²) in [5.74, 6) is 3.11. The maximum Gasteiger partial charge on any atom is 0.216 e. The fourth-order valence-corrected chi connectivity index (χ4v) is 0.956. The first-order valence-corrected chi connectivity index (χ1v) is 4.12. The third kappa shape index (κ3) is 5.67. The highest BCUT2D eigenvalue weighted by molar-refractivity contribution is 7.80. The summed E-state index contributed by atoms with van der Waals surface area (Å²) in [5, 5.41) is 0. The van der Waals surface area contributed by atoms with Gasteiger partial charge in [0.15, 0.2) is 0 Å². The molecule has 0 bridgehead atoms. The third-order valence-electron chi connectivity index (χ3n) is 0.480. The minimum atomic E-state index is -1.33. The van der Waals surface area contributed by atoms with E-state index in [4.69, 9.17) is 11.6 Å². The summed E-state index contributed by atoms with van der Waals surface area (Å²) >= 11 is 3.93. The molecule has 0 heterocycles. The van der Waals surface area contributed by atoms with Gasteiger partial charge in [0, 0.05) is 12.8 Å². The molecule has 0 aliphatic rings. The van der Waals surface area contributed by atoms with Crippen molar-refractivity contribution < 1.29 is 8.39 Å². The zero-order chi connectivity index (χ0) is 7.11. The highest BCUT2D eigenvalue weighted by atomic mass is 35.5. The van der Waals surface area contributed by atoms with E-state index >= 15 is 0 Å². The normalized spacial score (nSPS) is 11.3. The van der Waals surface area contributed by atoms with Crippen LogP contribution in [-0.2, 0) is 15.3 Å². The highest BCUT2D eigenvalue weighted by Gasteiger charge is 1.93. The largest absolute Gasteiger partial charge is 0.346 e. The van der Waals surface area contributed by atoms with E-state index in [2.05, 4.69) is 16.2 Å². The van der Waals surface area contributed by atoms with Gasteiger partial charge in [-0.1, -0.05) is 5.92 Å². The molecule has 0 N–H and O–H groups in total. The van der Waals surface area contributed by atoms with Crippen LogP contribution in [0.2, 0.25) is 0 Å². The molecule has 0 aliphatic carbocycles. The lowest BCUT2D eigenvalue weighted by Crippen LogP contribution is -1.98. The lowest BCUT2D eigenvalue weighted by atomic mass is 10.8. The summed E-state index contributed by atoms with van der Waals surface area (Å²) in [6.45, 7) is 1.61. The molecule has 9 heavy (non-hydrogen) atoms. The fourth-order valence-electron chi connectivity index (χ4n) is 0.193. The smallest absolute Gasteiger partial charge is 0.216 e. The van der Waals surface area contributed by atoms with Crippen molar-refractivity contribution in [3.63, 3.8) is 0 Å². The lowest BCUT2D eigenvalue weighted by molar-refractivity contribution is 0.537. The van der Waals surface area contributed by atoms with Crippen molar-refractivity contribution in [2.24, 2.45) is 0 Å². The van der Waals surface area contributed by atoms with Crippen molar-refractivity contribution in [3.8, 4) is 12.0 Å². The first-order chi connectivity index (χ1) is 4.31. The van der Waals surface area contributed by atoms with Gasteiger partial charge >= 0.3 is 0 Å². The van der Waals surface area contributed by atoms with E-state index in [9.17, 15) is 4.21 Å². The molecule has 0 amide bonds. The Morgan fingerprint density at radius 1 is 1.78 bits per heavy atom. The average Bonchev–Trinajstić information content (AvgIpc) is 1.85. The second-order valence-electron chi connectivity index (χ2n) is 1.13. The molecule has 0 saturated carbocycles. The predicted octanol–water partition coefficient (Wildman–Crippen LogP) is 0.886. The topological polar surface area (TPSA) is 26.3 Å². The van der Waals surface area contributed by atoms with E-state index in [1.54, 1.807) is 6.92 Å². The molecule has 0 rings (SSSR count). The van der Waals surface area contributed by atoms with Crippen molar-refractivity contribution in [1.29, 1.82) is 0 Å². The summed E-state index contributed by atoms with van der Waals surface area (Å²) in [5.41, 5.74) is 0. The Hall–Kier alpha value is -0.200. The van der Waals surface area contributed by atoms with Gasteiger partial charge in [-0.2, -0.15) is 0 Å². The zero-order valence-corrected chi connectivity index (χ0v) is 6.59. The van der Waals surface area contributed by atoms with Crippen LogP contribution in [-0.4, -0.2) is 15.8 Å². The molecule has 0 radical (unpaired) electrons. The van der Waals surface area contributed by atoms with Gasteiger partial charge in [0.25, 0.3) is 0 Å². The van der Waals surface area contributed by atoms with Crippen LogP contribution in [0.1, 0.15) is 6.92 Å². The van der Waals surface area contributed by atoms with Crippen LogP contribution >= 0.6 is 11.6 Å². The molecule has 0 saturated heterocycles. The fraction of sp³-hybridized carbons (Fsp3) is 0.600. The summed E-state index contributed by atoms with van der Waals surface area (Å²) in [6.07, 6.45) is 2.22. The summed E-state index contributed by atoms with van der Waals surface area (Å²) in [6, 6.07) is 0. The van der Waals surface area contributed by atoms with Crippen LogP contribution < -0.4 is 0 Å². The average molecular weight is 167 g/mol. The van der Waals surface area contributed by atoms with Gasteiger partial charge < -0.3 is 4.18 Å². The van der Waals surface area contributed by atoms with Crippen LogP contribution in [0, 0.1) is 12.0 Å². The maximum absolute atomic E-state index is 10.5. The van der Waals surface area contributed by atoms with E-state index in [-0.39, 0.29) is 0 Å². The Morgan fingerprint density at radius 3 is 2.89 bits per heavy atom. The molecule has 0 spiro atoms. The Bertz CT molecular complexity index is 147. The second kappa shape index (κ2) is 5.93. The molecular weight excluding hydrogens is 160 g/mol. The van der Waals surface area contributed by atoms with Crippen LogP contribution in [0.5, 0.6) is 0 Å². The lowest BCUT2D eigenvalue weighted by Gasteiger charge is -1.90. The number of hydrogen-bond acceptors (Lipinski definition) is 2. The predicted molar refractivity (Wildman–Crippen MR) is 38.3 cm³/mol. The summed E-state index contributed by atoms with van der Waals surface area (Å²) in [7, 11) is 0. The van der Waals surface area contributed by atoms with E-state index in [0.717, 1.165) is 0 Å². The van der Waals surface area contributed by atoms with Crippen molar-refractivity contribution >= 4 is 22.7 Å². The van der Waals surface area contributed by atoms with E-state index in [1.165, 1.54) is 0 Å². The van der Waals surface area contributed by atoms with Crippen molar-refractivity contribution in [1.82, 2.24) is 0 Å². The van der Waals surface area contributed by atoms with E-state index < -0.39 is 11.1 Å². The molecule has 52 valence electrons. The SMILES string of the molecule is CC#COS(=O)CCCl. The van der Waals surface area contributed by atoms with Crippen molar-refractivity contribution in [2.45, 2.75) is 6.92 Å². The van der Waals surface area contributed by atoms with Crippen molar-refractivity contribution in [3.05, 3.63) is 0 Å². The molecule has 2 nitrogen and oxygen atoms in total. The first kappa shape index (κ1) is 8.80. The molecule has 4 heteroatoms. The number of rotatable bonds is 3. The molecule has 1 unspecified atom stereocenters. The Morgan fingerprint density at radius 2 is 2.44 bits per heavy atom. The minimum Gasteiger partial charge on any atom is -0.346 e. The molecule has 0 aliphatic heterocycles. The van der Waals surface area contributed by atoms with Gasteiger partial charge in [0.05, 0.1) is 5.75 Å². The minimum absolute atomic E-state index is 0.330. The molecule has 0 aromatic carbocycles. The van der Waals surface area contributed by atoms with Gasteiger partial charge in [0.2, 0.25) is 11.1 Å². The molecular formula is C5H7ClO2S. The Balaban J connectivity index is 3.35. The maximum atomic E-state index is 10.5. The molecule has 0 fully saturated rings. The highest BCUT2D eigenvalue weighted by Crippen LogP contribution is 1.85. The standard InChI is InChI=1S/C5H7ClO2S/c1-2-4-8-9(7)5-3-6/h3,5H2,1H3.